The van der Waals surface area contributed by atoms with Crippen LogP contribution in [0.4, 0.5) is 24.7 Å². The molecule has 7 nitrogen and oxygen atoms in total. The lowest BCUT2D eigenvalue weighted by atomic mass is 10.1. The fourth-order valence-electron chi connectivity index (χ4n) is 3.67. The first-order valence-corrected chi connectivity index (χ1v) is 11.9. The van der Waals surface area contributed by atoms with Crippen LogP contribution >= 0.6 is 11.6 Å². The Morgan fingerprint density at radius 3 is 2.52 bits per heavy atom. The third-order valence-electron chi connectivity index (χ3n) is 5.17. The number of fused-ring (bicyclic) bond motifs is 1. The lowest BCUT2D eigenvalue weighted by Gasteiger charge is -2.16. The van der Waals surface area contributed by atoms with Gasteiger partial charge in [0.1, 0.15) is 5.82 Å². The third kappa shape index (κ3) is 4.55. The van der Waals surface area contributed by atoms with Crippen LogP contribution in [0.15, 0.2) is 42.5 Å². The molecule has 0 bridgehead atoms. The summed E-state index contributed by atoms with van der Waals surface area (Å²) in [6, 6.07) is 9.00. The molecule has 12 heteroatoms. The molecule has 1 aromatic heterocycles. The van der Waals surface area contributed by atoms with Gasteiger partial charge in [0.2, 0.25) is 10.0 Å². The van der Waals surface area contributed by atoms with Gasteiger partial charge in [-0.1, -0.05) is 11.6 Å². The lowest BCUT2D eigenvalue weighted by molar-refractivity contribution is -0.137. The van der Waals surface area contributed by atoms with E-state index < -0.39 is 27.7 Å². The maximum atomic E-state index is 13.2. The molecule has 0 spiro atoms. The Morgan fingerprint density at radius 2 is 1.85 bits per heavy atom. The number of anilines is 2. The van der Waals surface area contributed by atoms with Gasteiger partial charge in [-0.3, -0.25) is 9.10 Å². The number of carbonyl (C=O) groups excluding carboxylic acids is 1. The van der Waals surface area contributed by atoms with Gasteiger partial charge < -0.3 is 5.32 Å². The van der Waals surface area contributed by atoms with E-state index in [1.165, 1.54) is 16.4 Å². The number of hydrogen-bond donors (Lipinski definition) is 1. The van der Waals surface area contributed by atoms with E-state index in [2.05, 4.69) is 10.4 Å². The number of alkyl halides is 3. The van der Waals surface area contributed by atoms with Gasteiger partial charge in [0, 0.05) is 18.2 Å². The van der Waals surface area contributed by atoms with Crippen LogP contribution < -0.4 is 9.62 Å². The predicted molar refractivity (Wildman–Crippen MR) is 119 cm³/mol. The van der Waals surface area contributed by atoms with Crippen molar-refractivity contribution in [2.45, 2.75) is 19.5 Å². The Hall–Kier alpha value is -3.05. The number of carbonyl (C=O) groups is 1. The number of hydrogen-bond acceptors (Lipinski definition) is 4. The number of benzene rings is 2. The van der Waals surface area contributed by atoms with Crippen molar-refractivity contribution in [3.05, 3.63) is 69.9 Å². The van der Waals surface area contributed by atoms with Crippen LogP contribution in [0.1, 0.15) is 27.2 Å². The molecular formula is C21H18ClF3N4O3S. The van der Waals surface area contributed by atoms with E-state index in [4.69, 9.17) is 11.6 Å². The van der Waals surface area contributed by atoms with E-state index in [9.17, 15) is 26.4 Å². The summed E-state index contributed by atoms with van der Waals surface area (Å²) >= 11 is 6.14. The molecule has 2 aromatic carbocycles. The Kier molecular flexibility index (Phi) is 5.65. The number of nitrogens with one attached hydrogen (secondary N) is 1. The summed E-state index contributed by atoms with van der Waals surface area (Å²) in [4.78, 5) is 12.9. The van der Waals surface area contributed by atoms with E-state index in [0.29, 0.717) is 29.9 Å². The second kappa shape index (κ2) is 8.07. The molecular weight excluding hydrogens is 481 g/mol. The minimum Gasteiger partial charge on any atom is -0.306 e. The second-order valence-electron chi connectivity index (χ2n) is 7.63. The number of aromatic nitrogens is 2. The van der Waals surface area contributed by atoms with Crippen LogP contribution in [0.25, 0.3) is 5.69 Å². The average molecular weight is 499 g/mol. The summed E-state index contributed by atoms with van der Waals surface area (Å²) in [6.07, 6.45) is -3.00. The first-order valence-electron chi connectivity index (χ1n) is 9.70. The maximum absolute atomic E-state index is 13.2. The van der Waals surface area contributed by atoms with Gasteiger partial charge >= 0.3 is 6.18 Å². The fourth-order valence-corrected chi connectivity index (χ4v) is 4.83. The van der Waals surface area contributed by atoms with Gasteiger partial charge in [0.05, 0.1) is 33.9 Å². The van der Waals surface area contributed by atoms with Crippen molar-refractivity contribution in [1.82, 2.24) is 9.78 Å². The minimum atomic E-state index is -4.57. The SMILES string of the molecule is Cc1cc(NC(=O)c2ccc3c(c2)CCN3S(C)(=O)=O)n(-c2cc(C(F)(F)F)ccc2Cl)n1. The van der Waals surface area contributed by atoms with Gasteiger partial charge in [-0.15, -0.1) is 0 Å². The van der Waals surface area contributed by atoms with E-state index >= 15 is 0 Å². The minimum absolute atomic E-state index is 0.0278. The number of rotatable bonds is 4. The Morgan fingerprint density at radius 1 is 1.12 bits per heavy atom. The van der Waals surface area contributed by atoms with Crippen LogP contribution in [-0.4, -0.2) is 36.9 Å². The van der Waals surface area contributed by atoms with E-state index in [0.717, 1.165) is 29.1 Å². The molecule has 0 radical (unpaired) electrons. The van der Waals surface area contributed by atoms with Crippen molar-refractivity contribution < 1.29 is 26.4 Å². The van der Waals surface area contributed by atoms with E-state index in [-0.39, 0.29) is 22.1 Å². The standard InChI is InChI=1S/C21H18ClF3N4O3S/c1-12-9-19(29(27-12)18-11-15(21(23,24)25)4-5-16(18)22)26-20(30)14-3-6-17-13(10-14)7-8-28(17)33(2,31)32/h3-6,9-11H,7-8H2,1-2H3,(H,26,30). The van der Waals surface area contributed by atoms with Gasteiger partial charge in [-0.05, 0) is 55.3 Å². The summed E-state index contributed by atoms with van der Waals surface area (Å²) in [5, 5.41) is 6.86. The second-order valence-corrected chi connectivity index (χ2v) is 9.94. The van der Waals surface area contributed by atoms with Gasteiger partial charge in [0.15, 0.2) is 0 Å². The Balaban J connectivity index is 1.66. The fraction of sp³-hybridized carbons (Fsp3) is 0.238. The quantitative estimate of drug-likeness (QED) is 0.577. The normalized spacial score (nSPS) is 13.8. The number of halogens is 4. The average Bonchev–Trinajstić information content (AvgIpc) is 3.30. The summed E-state index contributed by atoms with van der Waals surface area (Å²) in [6.45, 7) is 1.92. The largest absolute Gasteiger partial charge is 0.416 e. The molecule has 4 rings (SSSR count). The number of sulfonamides is 1. The van der Waals surface area contributed by atoms with Crippen molar-refractivity contribution in [1.29, 1.82) is 0 Å². The Labute approximate surface area is 192 Å². The first-order chi connectivity index (χ1) is 15.3. The van der Waals surface area contributed by atoms with Crippen LogP contribution in [0.3, 0.4) is 0 Å². The molecule has 2 heterocycles. The summed E-state index contributed by atoms with van der Waals surface area (Å²) in [5.74, 6) is -0.392. The van der Waals surface area contributed by atoms with E-state index in [1.807, 2.05) is 0 Å². The monoisotopic (exact) mass is 498 g/mol. The molecule has 0 aliphatic carbocycles. The van der Waals surface area contributed by atoms with Gasteiger partial charge in [-0.25, -0.2) is 13.1 Å². The summed E-state index contributed by atoms with van der Waals surface area (Å²) < 4.78 is 65.8. The molecule has 174 valence electrons. The molecule has 0 atom stereocenters. The molecule has 33 heavy (non-hydrogen) atoms. The van der Waals surface area contributed by atoms with Crippen LogP contribution in [-0.2, 0) is 22.6 Å². The molecule has 0 fully saturated rings. The zero-order valence-electron chi connectivity index (χ0n) is 17.4. The van der Waals surface area contributed by atoms with Gasteiger partial charge in [-0.2, -0.15) is 18.3 Å². The number of nitrogens with zero attached hydrogens (tertiary/aromatic N) is 3. The predicted octanol–water partition coefficient (Wildman–Crippen LogP) is 4.43. The summed E-state index contributed by atoms with van der Waals surface area (Å²) in [5.41, 5.74) is 1.01. The first kappa shape index (κ1) is 23.1. The smallest absolute Gasteiger partial charge is 0.306 e. The molecule has 0 saturated carbocycles. The Bertz CT molecular complexity index is 1370. The maximum Gasteiger partial charge on any atom is 0.416 e. The van der Waals surface area contributed by atoms with E-state index in [1.54, 1.807) is 19.1 Å². The molecule has 0 unspecified atom stereocenters. The van der Waals surface area contributed by atoms with Gasteiger partial charge in [0.25, 0.3) is 5.91 Å². The third-order valence-corrected chi connectivity index (χ3v) is 6.67. The van der Waals surface area contributed by atoms with Crippen molar-refractivity contribution in [2.24, 2.45) is 0 Å². The van der Waals surface area contributed by atoms with Crippen molar-refractivity contribution in [2.75, 3.05) is 22.4 Å². The zero-order chi connectivity index (χ0) is 24.1. The van der Waals surface area contributed by atoms with Crippen LogP contribution in [0.2, 0.25) is 5.02 Å². The highest BCUT2D eigenvalue weighted by Crippen LogP contribution is 2.34. The van der Waals surface area contributed by atoms with Crippen LogP contribution in [0.5, 0.6) is 0 Å². The molecule has 1 amide bonds. The molecule has 0 saturated heterocycles. The highest BCUT2D eigenvalue weighted by Gasteiger charge is 2.32. The topological polar surface area (TPSA) is 84.3 Å². The molecule has 1 N–H and O–H groups in total. The molecule has 1 aliphatic heterocycles. The zero-order valence-corrected chi connectivity index (χ0v) is 19.0. The van der Waals surface area contributed by atoms with Crippen molar-refractivity contribution in [3.8, 4) is 5.69 Å². The van der Waals surface area contributed by atoms with Crippen molar-refractivity contribution in [3.63, 3.8) is 0 Å². The number of aryl methyl sites for hydroxylation is 1. The van der Waals surface area contributed by atoms with Crippen molar-refractivity contribution >= 4 is 39.0 Å². The molecule has 3 aromatic rings. The lowest BCUT2D eigenvalue weighted by Crippen LogP contribution is -2.27. The summed E-state index contributed by atoms with van der Waals surface area (Å²) in [7, 11) is -3.42. The van der Waals surface area contributed by atoms with Crippen LogP contribution in [0, 0.1) is 6.92 Å². The highest BCUT2D eigenvalue weighted by atomic mass is 35.5. The molecule has 1 aliphatic rings. The number of amides is 1. The highest BCUT2D eigenvalue weighted by molar-refractivity contribution is 7.92.